The molecule has 3 rings (SSSR count). The summed E-state index contributed by atoms with van der Waals surface area (Å²) in [7, 11) is 3.17. The summed E-state index contributed by atoms with van der Waals surface area (Å²) in [5.41, 5.74) is 7.99. The average Bonchev–Trinajstić information content (AvgIpc) is 3.07. The minimum atomic E-state index is 0.286. The van der Waals surface area contributed by atoms with Gasteiger partial charge in [0.2, 0.25) is 0 Å². The average molecular weight is 348 g/mol. The molecule has 7 heteroatoms. The maximum atomic E-state index is 10.4. The number of nitrogens with zero attached hydrogens (tertiary/aromatic N) is 2. The third-order valence-corrected chi connectivity index (χ3v) is 3.59. The van der Waals surface area contributed by atoms with E-state index >= 15 is 0 Å². The molecule has 0 aliphatic carbocycles. The molecule has 0 saturated heterocycles. The van der Waals surface area contributed by atoms with Gasteiger partial charge in [-0.25, -0.2) is 9.97 Å². The van der Waals surface area contributed by atoms with Gasteiger partial charge < -0.3 is 20.2 Å². The van der Waals surface area contributed by atoms with Crippen molar-refractivity contribution in [1.82, 2.24) is 15.0 Å². The maximum Gasteiger partial charge on any atom is 0.156 e. The Balaban J connectivity index is 2.02. The second-order valence-corrected chi connectivity index (χ2v) is 5.24. The third kappa shape index (κ3) is 3.49. The van der Waals surface area contributed by atoms with Crippen LogP contribution < -0.4 is 15.2 Å². The number of nitrogens with two attached hydrogens (primary N) is 1. The summed E-state index contributed by atoms with van der Waals surface area (Å²) in [6.07, 6.45) is 5.16. The van der Waals surface area contributed by atoms with Gasteiger partial charge in [-0.1, -0.05) is 11.8 Å². The Bertz CT molecular complexity index is 1040. The Morgan fingerprint density at radius 1 is 1.12 bits per heavy atom. The Morgan fingerprint density at radius 2 is 1.85 bits per heavy atom. The quantitative estimate of drug-likeness (QED) is 0.425. The number of hydrogen-bond donors (Lipinski definition) is 2. The molecular formula is C19H16N4O3. The number of methoxy groups -OCH3 is 2. The predicted molar refractivity (Wildman–Crippen MR) is 98.9 cm³/mol. The first-order valence-electron chi connectivity index (χ1n) is 7.66. The van der Waals surface area contributed by atoms with Crippen molar-refractivity contribution in [2.24, 2.45) is 0 Å². The molecule has 0 amide bonds. The molecule has 3 aromatic rings. The molecule has 0 spiro atoms. The topological polar surface area (TPSA) is 103 Å². The van der Waals surface area contributed by atoms with Crippen molar-refractivity contribution < 1.29 is 14.3 Å². The van der Waals surface area contributed by atoms with Gasteiger partial charge >= 0.3 is 0 Å². The van der Waals surface area contributed by atoms with Gasteiger partial charge in [-0.05, 0) is 24.3 Å². The molecule has 0 saturated carbocycles. The Kier molecular flexibility index (Phi) is 4.85. The Labute approximate surface area is 149 Å². The van der Waals surface area contributed by atoms with E-state index in [4.69, 9.17) is 15.2 Å². The lowest BCUT2D eigenvalue weighted by molar-refractivity contribution is -0.104. The first-order valence-corrected chi connectivity index (χ1v) is 7.66. The van der Waals surface area contributed by atoms with Crippen molar-refractivity contribution in [3.63, 3.8) is 0 Å². The SMILES string of the molecule is COc1cc(C#Cc2c[nH]c3nc(C=CC=O)nc(N)c23)cc(OC)c1. The Hall–Kier alpha value is -3.79. The van der Waals surface area contributed by atoms with Gasteiger partial charge in [-0.15, -0.1) is 0 Å². The van der Waals surface area contributed by atoms with Crippen LogP contribution in [0.4, 0.5) is 5.82 Å². The van der Waals surface area contributed by atoms with Crippen LogP contribution in [0.2, 0.25) is 0 Å². The van der Waals surface area contributed by atoms with Crippen LogP contribution in [0, 0.1) is 11.8 Å². The number of aromatic amines is 1. The van der Waals surface area contributed by atoms with Crippen molar-refractivity contribution in [3.05, 3.63) is 47.4 Å². The van der Waals surface area contributed by atoms with Crippen LogP contribution in [-0.4, -0.2) is 35.5 Å². The van der Waals surface area contributed by atoms with Gasteiger partial charge in [0.05, 0.1) is 25.2 Å². The number of ether oxygens (including phenoxy) is 2. The molecule has 1 aromatic carbocycles. The number of aromatic nitrogens is 3. The van der Waals surface area contributed by atoms with E-state index in [0.29, 0.717) is 40.2 Å². The number of nitrogen functional groups attached to an aromatic ring is 1. The fourth-order valence-corrected chi connectivity index (χ4v) is 2.40. The van der Waals surface area contributed by atoms with E-state index in [1.54, 1.807) is 26.5 Å². The van der Waals surface area contributed by atoms with Crippen molar-refractivity contribution in [1.29, 1.82) is 0 Å². The number of carbonyl (C=O) groups excluding carboxylic acids is 1. The number of fused-ring (bicyclic) bond motifs is 1. The number of aldehydes is 1. The van der Waals surface area contributed by atoms with Crippen LogP contribution in [0.5, 0.6) is 11.5 Å². The molecule has 3 N–H and O–H groups in total. The van der Waals surface area contributed by atoms with E-state index in [2.05, 4.69) is 26.8 Å². The highest BCUT2D eigenvalue weighted by Crippen LogP contribution is 2.23. The van der Waals surface area contributed by atoms with Gasteiger partial charge in [0.15, 0.2) is 5.82 Å². The van der Waals surface area contributed by atoms with E-state index < -0.39 is 0 Å². The molecule has 0 fully saturated rings. The standard InChI is InChI=1S/C19H16N4O3/c1-25-14-8-12(9-15(10-14)26-2)5-6-13-11-21-19-17(13)18(20)22-16(23-19)4-3-7-24/h3-4,7-11H,1-2H3,(H3,20,21,22,23). The minimum absolute atomic E-state index is 0.286. The second kappa shape index (κ2) is 7.40. The normalized spacial score (nSPS) is 10.5. The van der Waals surface area contributed by atoms with Crippen molar-refractivity contribution in [2.45, 2.75) is 0 Å². The number of benzene rings is 1. The summed E-state index contributed by atoms with van der Waals surface area (Å²) in [5.74, 6) is 8.07. The Morgan fingerprint density at radius 3 is 2.50 bits per heavy atom. The molecule has 0 atom stereocenters. The van der Waals surface area contributed by atoms with Crippen LogP contribution in [0.15, 0.2) is 30.5 Å². The van der Waals surface area contributed by atoms with Crippen LogP contribution in [0.3, 0.4) is 0 Å². The number of anilines is 1. The fourth-order valence-electron chi connectivity index (χ4n) is 2.40. The zero-order valence-corrected chi connectivity index (χ0v) is 14.2. The highest BCUT2D eigenvalue weighted by atomic mass is 16.5. The largest absolute Gasteiger partial charge is 0.497 e. The molecular weight excluding hydrogens is 332 g/mol. The van der Waals surface area contributed by atoms with Gasteiger partial charge in [0.1, 0.15) is 29.3 Å². The van der Waals surface area contributed by atoms with Crippen LogP contribution in [0.1, 0.15) is 17.0 Å². The zero-order chi connectivity index (χ0) is 18.5. The summed E-state index contributed by atoms with van der Waals surface area (Å²) in [6.45, 7) is 0. The van der Waals surface area contributed by atoms with Crippen LogP contribution in [-0.2, 0) is 4.79 Å². The summed E-state index contributed by atoms with van der Waals surface area (Å²) < 4.78 is 10.5. The van der Waals surface area contributed by atoms with Crippen molar-refractivity contribution in [3.8, 4) is 23.3 Å². The molecule has 0 unspecified atom stereocenters. The fraction of sp³-hybridized carbons (Fsp3) is 0.105. The second-order valence-electron chi connectivity index (χ2n) is 5.24. The van der Waals surface area contributed by atoms with Gasteiger partial charge in [-0.2, -0.15) is 0 Å². The number of hydrogen-bond acceptors (Lipinski definition) is 6. The zero-order valence-electron chi connectivity index (χ0n) is 14.2. The molecule has 0 radical (unpaired) electrons. The van der Waals surface area contributed by atoms with Gasteiger partial charge in [0, 0.05) is 17.8 Å². The van der Waals surface area contributed by atoms with E-state index in [1.165, 1.54) is 12.2 Å². The first kappa shape index (κ1) is 17.0. The van der Waals surface area contributed by atoms with Gasteiger partial charge in [0.25, 0.3) is 0 Å². The van der Waals surface area contributed by atoms with Crippen molar-refractivity contribution >= 4 is 29.2 Å². The predicted octanol–water partition coefficient (Wildman–Crippen LogP) is 2.17. The number of rotatable bonds is 4. The summed E-state index contributed by atoms with van der Waals surface area (Å²) >= 11 is 0. The summed E-state index contributed by atoms with van der Waals surface area (Å²) in [4.78, 5) is 21.9. The van der Waals surface area contributed by atoms with E-state index in [9.17, 15) is 4.79 Å². The summed E-state index contributed by atoms with van der Waals surface area (Å²) in [5, 5.41) is 0.635. The minimum Gasteiger partial charge on any atom is -0.497 e. The molecule has 0 aliphatic heterocycles. The molecule has 0 bridgehead atoms. The molecule has 2 heterocycles. The van der Waals surface area contributed by atoms with Crippen LogP contribution in [0.25, 0.3) is 17.1 Å². The molecule has 2 aromatic heterocycles. The monoisotopic (exact) mass is 348 g/mol. The van der Waals surface area contributed by atoms with E-state index in [1.807, 2.05) is 12.1 Å². The number of nitrogens with one attached hydrogen (secondary N) is 1. The third-order valence-electron chi connectivity index (χ3n) is 3.59. The van der Waals surface area contributed by atoms with E-state index in [0.717, 1.165) is 5.56 Å². The number of carbonyl (C=O) groups is 1. The highest BCUT2D eigenvalue weighted by Gasteiger charge is 2.09. The van der Waals surface area contributed by atoms with E-state index in [-0.39, 0.29) is 5.82 Å². The lowest BCUT2D eigenvalue weighted by Gasteiger charge is -2.04. The lowest BCUT2D eigenvalue weighted by Crippen LogP contribution is -1.97. The highest BCUT2D eigenvalue weighted by molar-refractivity contribution is 5.92. The molecule has 130 valence electrons. The maximum absolute atomic E-state index is 10.4. The first-order chi connectivity index (χ1) is 12.6. The molecule has 26 heavy (non-hydrogen) atoms. The number of allylic oxidation sites excluding steroid dienone is 1. The lowest BCUT2D eigenvalue weighted by atomic mass is 10.1. The van der Waals surface area contributed by atoms with Crippen molar-refractivity contribution in [2.75, 3.05) is 20.0 Å². The summed E-state index contributed by atoms with van der Waals surface area (Å²) in [6, 6.07) is 5.40. The smallest absolute Gasteiger partial charge is 0.156 e. The van der Waals surface area contributed by atoms with Gasteiger partial charge in [-0.3, -0.25) is 4.79 Å². The van der Waals surface area contributed by atoms with Crippen LogP contribution >= 0.6 is 0 Å². The molecule has 7 nitrogen and oxygen atoms in total. The molecule has 0 aliphatic rings. The number of H-pyrrole nitrogens is 1.